The fraction of sp³-hybridized carbons (Fsp3) is 0.417. The number of aryl methyl sites for hydroxylation is 2. The molecule has 1 amide bonds. The first-order valence-corrected chi connectivity index (χ1v) is 5.97. The fourth-order valence-corrected chi connectivity index (χ4v) is 2.22. The fourth-order valence-electron chi connectivity index (χ4n) is 1.47. The SMILES string of the molecule is Cc1cc(C)c(OC(C)(C)C(=O)NO)c(Br)c1. The van der Waals surface area contributed by atoms with Crippen LogP contribution in [0.4, 0.5) is 0 Å². The molecule has 2 N–H and O–H groups in total. The zero-order valence-electron chi connectivity index (χ0n) is 10.3. The molecule has 0 unspecified atom stereocenters. The van der Waals surface area contributed by atoms with Gasteiger partial charge in [0, 0.05) is 0 Å². The Balaban J connectivity index is 3.07. The second kappa shape index (κ2) is 5.06. The third kappa shape index (κ3) is 3.20. The summed E-state index contributed by atoms with van der Waals surface area (Å²) in [5, 5.41) is 8.64. The van der Waals surface area contributed by atoms with Crippen LogP contribution in [0.1, 0.15) is 25.0 Å². The van der Waals surface area contributed by atoms with Crippen LogP contribution in [-0.2, 0) is 4.79 Å². The molecule has 0 saturated heterocycles. The minimum Gasteiger partial charge on any atom is -0.476 e. The van der Waals surface area contributed by atoms with Gasteiger partial charge in [-0.3, -0.25) is 10.0 Å². The molecular weight excluding hydrogens is 286 g/mol. The zero-order valence-corrected chi connectivity index (χ0v) is 11.9. The van der Waals surface area contributed by atoms with Gasteiger partial charge < -0.3 is 4.74 Å². The average molecular weight is 302 g/mol. The quantitative estimate of drug-likeness (QED) is 0.667. The maximum atomic E-state index is 11.4. The third-order valence-corrected chi connectivity index (χ3v) is 2.97. The van der Waals surface area contributed by atoms with E-state index < -0.39 is 11.5 Å². The average Bonchev–Trinajstić information content (AvgIpc) is 2.22. The molecule has 0 atom stereocenters. The van der Waals surface area contributed by atoms with Crippen LogP contribution >= 0.6 is 15.9 Å². The van der Waals surface area contributed by atoms with Gasteiger partial charge in [0.15, 0.2) is 5.60 Å². The minimum absolute atomic E-state index is 0.593. The molecule has 0 saturated carbocycles. The summed E-state index contributed by atoms with van der Waals surface area (Å²) < 4.78 is 6.44. The van der Waals surface area contributed by atoms with Gasteiger partial charge in [0.05, 0.1) is 4.47 Å². The number of benzene rings is 1. The maximum Gasteiger partial charge on any atom is 0.286 e. The summed E-state index contributed by atoms with van der Waals surface area (Å²) in [5.41, 5.74) is 2.48. The number of halogens is 1. The molecule has 0 radical (unpaired) electrons. The van der Waals surface area contributed by atoms with E-state index in [1.54, 1.807) is 19.3 Å². The molecule has 0 aliphatic carbocycles. The molecule has 4 nitrogen and oxygen atoms in total. The van der Waals surface area contributed by atoms with Crippen molar-refractivity contribution in [1.82, 2.24) is 5.48 Å². The van der Waals surface area contributed by atoms with Gasteiger partial charge in [-0.25, -0.2) is 5.48 Å². The van der Waals surface area contributed by atoms with E-state index in [0.717, 1.165) is 15.6 Å². The Morgan fingerprint density at radius 2 is 2.00 bits per heavy atom. The highest BCUT2D eigenvalue weighted by molar-refractivity contribution is 9.10. The Hall–Kier alpha value is -1.07. The van der Waals surface area contributed by atoms with Crippen molar-refractivity contribution < 1.29 is 14.7 Å². The van der Waals surface area contributed by atoms with Gasteiger partial charge in [0.25, 0.3) is 5.91 Å². The number of carbonyl (C=O) groups excluding carboxylic acids is 1. The number of amides is 1. The Morgan fingerprint density at radius 1 is 1.41 bits per heavy atom. The lowest BCUT2D eigenvalue weighted by molar-refractivity contribution is -0.143. The summed E-state index contributed by atoms with van der Waals surface area (Å²) in [6.45, 7) is 7.06. The second-order valence-electron chi connectivity index (χ2n) is 4.45. The van der Waals surface area contributed by atoms with Crippen LogP contribution in [0.5, 0.6) is 5.75 Å². The van der Waals surface area contributed by atoms with Crippen LogP contribution in [0, 0.1) is 13.8 Å². The lowest BCUT2D eigenvalue weighted by atomic mass is 10.1. The summed E-state index contributed by atoms with van der Waals surface area (Å²) in [5.74, 6) is 0.00794. The summed E-state index contributed by atoms with van der Waals surface area (Å²) in [7, 11) is 0. The van der Waals surface area contributed by atoms with E-state index in [1.807, 2.05) is 26.0 Å². The van der Waals surface area contributed by atoms with E-state index in [-0.39, 0.29) is 0 Å². The van der Waals surface area contributed by atoms with Gasteiger partial charge in [0.1, 0.15) is 5.75 Å². The first-order valence-electron chi connectivity index (χ1n) is 5.18. The van der Waals surface area contributed by atoms with E-state index >= 15 is 0 Å². The second-order valence-corrected chi connectivity index (χ2v) is 5.30. The van der Waals surface area contributed by atoms with Gasteiger partial charge in [0.2, 0.25) is 0 Å². The Kier molecular flexibility index (Phi) is 4.16. The van der Waals surface area contributed by atoms with E-state index in [4.69, 9.17) is 9.94 Å². The molecule has 1 aromatic carbocycles. The summed E-state index contributed by atoms with van der Waals surface area (Å²) in [6, 6.07) is 3.88. The molecule has 0 heterocycles. The van der Waals surface area contributed by atoms with Crippen LogP contribution in [0.2, 0.25) is 0 Å². The molecular formula is C12H16BrNO3. The monoisotopic (exact) mass is 301 g/mol. The molecule has 17 heavy (non-hydrogen) atoms. The smallest absolute Gasteiger partial charge is 0.286 e. The molecule has 0 spiro atoms. The standard InChI is InChI=1S/C12H16BrNO3/c1-7-5-8(2)10(9(13)6-7)17-12(3,4)11(15)14-16/h5-6,16H,1-4H3,(H,14,15). The van der Waals surface area contributed by atoms with Gasteiger partial charge in [-0.05, 0) is 60.8 Å². The van der Waals surface area contributed by atoms with Crippen molar-refractivity contribution in [1.29, 1.82) is 0 Å². The van der Waals surface area contributed by atoms with Crippen molar-refractivity contribution in [3.8, 4) is 5.75 Å². The molecule has 1 aromatic rings. The third-order valence-electron chi connectivity index (χ3n) is 2.38. The Morgan fingerprint density at radius 3 is 2.47 bits per heavy atom. The van der Waals surface area contributed by atoms with E-state index in [9.17, 15) is 4.79 Å². The normalized spacial score (nSPS) is 11.2. The number of hydrogen-bond acceptors (Lipinski definition) is 3. The van der Waals surface area contributed by atoms with Gasteiger partial charge >= 0.3 is 0 Å². The molecule has 0 bridgehead atoms. The first kappa shape index (κ1) is 14.0. The molecule has 94 valence electrons. The van der Waals surface area contributed by atoms with E-state index in [2.05, 4.69) is 15.9 Å². The predicted molar refractivity (Wildman–Crippen MR) is 68.3 cm³/mol. The summed E-state index contributed by atoms with van der Waals surface area (Å²) >= 11 is 3.40. The molecule has 5 heteroatoms. The Labute approximate surface area is 109 Å². The van der Waals surface area contributed by atoms with Crippen molar-refractivity contribution in [2.75, 3.05) is 0 Å². The summed E-state index contributed by atoms with van der Waals surface area (Å²) in [4.78, 5) is 11.4. The highest BCUT2D eigenvalue weighted by Crippen LogP contribution is 2.32. The van der Waals surface area contributed by atoms with E-state index in [0.29, 0.717) is 5.75 Å². The van der Waals surface area contributed by atoms with Crippen LogP contribution in [0.15, 0.2) is 16.6 Å². The van der Waals surface area contributed by atoms with Crippen LogP contribution < -0.4 is 10.2 Å². The molecule has 0 aromatic heterocycles. The highest BCUT2D eigenvalue weighted by atomic mass is 79.9. The van der Waals surface area contributed by atoms with Crippen LogP contribution in [0.25, 0.3) is 0 Å². The molecule has 1 rings (SSSR count). The number of nitrogens with one attached hydrogen (secondary N) is 1. The number of rotatable bonds is 3. The van der Waals surface area contributed by atoms with Gasteiger partial charge in [-0.2, -0.15) is 0 Å². The maximum absolute atomic E-state index is 11.4. The van der Waals surface area contributed by atoms with Crippen molar-refractivity contribution in [2.45, 2.75) is 33.3 Å². The molecule has 0 aliphatic heterocycles. The minimum atomic E-state index is -1.14. The number of hydrogen-bond donors (Lipinski definition) is 2. The topological polar surface area (TPSA) is 58.6 Å². The van der Waals surface area contributed by atoms with Crippen molar-refractivity contribution in [2.24, 2.45) is 0 Å². The molecule has 0 fully saturated rings. The largest absolute Gasteiger partial charge is 0.476 e. The zero-order chi connectivity index (χ0) is 13.2. The highest BCUT2D eigenvalue weighted by Gasteiger charge is 2.30. The van der Waals surface area contributed by atoms with Crippen molar-refractivity contribution >= 4 is 21.8 Å². The van der Waals surface area contributed by atoms with E-state index in [1.165, 1.54) is 0 Å². The number of carbonyl (C=O) groups is 1. The predicted octanol–water partition coefficient (Wildman–Crippen LogP) is 2.73. The first-order chi connectivity index (χ1) is 7.77. The van der Waals surface area contributed by atoms with Crippen molar-refractivity contribution in [3.63, 3.8) is 0 Å². The lowest BCUT2D eigenvalue weighted by Crippen LogP contribution is -2.45. The van der Waals surface area contributed by atoms with Gasteiger partial charge in [-0.15, -0.1) is 0 Å². The lowest BCUT2D eigenvalue weighted by Gasteiger charge is -2.25. The van der Waals surface area contributed by atoms with Crippen molar-refractivity contribution in [3.05, 3.63) is 27.7 Å². The van der Waals surface area contributed by atoms with Gasteiger partial charge in [-0.1, -0.05) is 6.07 Å². The number of hydroxylamine groups is 1. The summed E-state index contributed by atoms with van der Waals surface area (Å²) in [6.07, 6.45) is 0. The molecule has 0 aliphatic rings. The number of ether oxygens (including phenoxy) is 1. The Bertz CT molecular complexity index is 420. The van der Waals surface area contributed by atoms with Crippen LogP contribution in [0.3, 0.4) is 0 Å². The van der Waals surface area contributed by atoms with Crippen LogP contribution in [-0.4, -0.2) is 16.7 Å².